The number of halogens is 1. The maximum atomic E-state index is 13.2. The van der Waals surface area contributed by atoms with Crippen molar-refractivity contribution in [3.8, 4) is 0 Å². The largest absolute Gasteiger partial charge is 0.478 e. The second-order valence-corrected chi connectivity index (χ2v) is 3.00. The van der Waals surface area contributed by atoms with E-state index in [1.54, 1.807) is 19.2 Å². The van der Waals surface area contributed by atoms with Gasteiger partial charge in [-0.15, -0.1) is 0 Å². The van der Waals surface area contributed by atoms with Crippen LogP contribution in [0.25, 0.3) is 6.08 Å². The summed E-state index contributed by atoms with van der Waals surface area (Å²) in [6, 6.07) is 4.03. The molecule has 15 heavy (non-hydrogen) atoms. The number of hydrogen-bond donors (Lipinski definition) is 2. The average Bonchev–Trinajstić information content (AvgIpc) is 2.17. The molecule has 3 nitrogen and oxygen atoms in total. The quantitative estimate of drug-likeness (QED) is 0.794. The number of carboxylic acids is 1. The van der Waals surface area contributed by atoms with E-state index in [4.69, 9.17) is 5.11 Å². The lowest BCUT2D eigenvalue weighted by atomic mass is 10.1. The highest BCUT2D eigenvalue weighted by Gasteiger charge is 2.08. The van der Waals surface area contributed by atoms with Gasteiger partial charge >= 0.3 is 5.97 Å². The molecule has 0 aliphatic heterocycles. The van der Waals surface area contributed by atoms with Crippen LogP contribution in [0.2, 0.25) is 0 Å². The molecule has 0 amide bonds. The Labute approximate surface area is 87.2 Å². The van der Waals surface area contributed by atoms with E-state index in [0.29, 0.717) is 12.1 Å². The van der Waals surface area contributed by atoms with E-state index in [1.165, 1.54) is 12.1 Å². The minimum absolute atomic E-state index is 0.305. The minimum atomic E-state index is -1.25. The standard InChI is InChI=1S/C11H12FNO2/c1-13-6-2-3-8-4-5-9(11(14)15)10(12)7-8/h2-5,7,13H,6H2,1H3,(H,14,15). The van der Waals surface area contributed by atoms with Gasteiger partial charge in [-0.25, -0.2) is 9.18 Å². The lowest BCUT2D eigenvalue weighted by Crippen LogP contribution is -2.03. The summed E-state index contributed by atoms with van der Waals surface area (Å²) in [5.74, 6) is -1.97. The molecular formula is C11H12FNO2. The summed E-state index contributed by atoms with van der Waals surface area (Å²) in [4.78, 5) is 10.5. The molecule has 0 aliphatic carbocycles. The molecule has 0 radical (unpaired) electrons. The number of nitrogens with one attached hydrogen (secondary N) is 1. The van der Waals surface area contributed by atoms with Crippen molar-refractivity contribution in [3.63, 3.8) is 0 Å². The van der Waals surface area contributed by atoms with Crippen LogP contribution in [0.5, 0.6) is 0 Å². The fraction of sp³-hybridized carbons (Fsp3) is 0.182. The third kappa shape index (κ3) is 3.18. The van der Waals surface area contributed by atoms with Crippen molar-refractivity contribution >= 4 is 12.0 Å². The molecule has 0 saturated heterocycles. The Morgan fingerprint density at radius 1 is 1.60 bits per heavy atom. The van der Waals surface area contributed by atoms with E-state index < -0.39 is 11.8 Å². The molecule has 4 heteroatoms. The van der Waals surface area contributed by atoms with Crippen molar-refractivity contribution in [2.24, 2.45) is 0 Å². The minimum Gasteiger partial charge on any atom is -0.478 e. The summed E-state index contributed by atoms with van der Waals surface area (Å²) in [6.07, 6.45) is 3.56. The van der Waals surface area contributed by atoms with Gasteiger partial charge in [-0.1, -0.05) is 18.2 Å². The van der Waals surface area contributed by atoms with Crippen LogP contribution < -0.4 is 5.32 Å². The zero-order chi connectivity index (χ0) is 11.3. The zero-order valence-corrected chi connectivity index (χ0v) is 8.33. The number of rotatable bonds is 4. The van der Waals surface area contributed by atoms with Gasteiger partial charge in [0.2, 0.25) is 0 Å². The second kappa shape index (κ2) is 5.26. The number of carboxylic acid groups (broad SMARTS) is 1. The summed E-state index contributed by atoms with van der Waals surface area (Å²) < 4.78 is 13.2. The Morgan fingerprint density at radius 2 is 2.33 bits per heavy atom. The molecule has 0 unspecified atom stereocenters. The number of likely N-dealkylation sites (N-methyl/N-ethyl adjacent to an activating group) is 1. The monoisotopic (exact) mass is 209 g/mol. The Kier molecular flexibility index (Phi) is 4.00. The van der Waals surface area contributed by atoms with Crippen LogP contribution in [0, 0.1) is 5.82 Å². The Bertz CT molecular complexity index is 388. The van der Waals surface area contributed by atoms with Crippen molar-refractivity contribution in [2.75, 3.05) is 13.6 Å². The average molecular weight is 209 g/mol. The summed E-state index contributed by atoms with van der Waals surface area (Å²) >= 11 is 0. The van der Waals surface area contributed by atoms with E-state index in [2.05, 4.69) is 5.32 Å². The molecule has 0 aliphatic rings. The topological polar surface area (TPSA) is 49.3 Å². The van der Waals surface area contributed by atoms with Crippen molar-refractivity contribution in [3.05, 3.63) is 41.2 Å². The van der Waals surface area contributed by atoms with E-state index in [-0.39, 0.29) is 5.56 Å². The van der Waals surface area contributed by atoms with Crippen molar-refractivity contribution in [1.82, 2.24) is 5.32 Å². The van der Waals surface area contributed by atoms with Crippen LogP contribution in [0.4, 0.5) is 4.39 Å². The lowest BCUT2D eigenvalue weighted by molar-refractivity contribution is 0.0692. The summed E-state index contributed by atoms with van der Waals surface area (Å²) in [7, 11) is 1.80. The smallest absolute Gasteiger partial charge is 0.338 e. The first-order chi connectivity index (χ1) is 7.15. The normalized spacial score (nSPS) is 10.8. The van der Waals surface area contributed by atoms with Gasteiger partial charge in [0.1, 0.15) is 5.82 Å². The Balaban J connectivity index is 2.87. The van der Waals surface area contributed by atoms with Gasteiger partial charge < -0.3 is 10.4 Å². The van der Waals surface area contributed by atoms with Gasteiger partial charge in [0.25, 0.3) is 0 Å². The van der Waals surface area contributed by atoms with Crippen LogP contribution in [-0.2, 0) is 0 Å². The number of benzene rings is 1. The lowest BCUT2D eigenvalue weighted by Gasteiger charge is -1.98. The Morgan fingerprint density at radius 3 is 2.87 bits per heavy atom. The highest BCUT2D eigenvalue weighted by atomic mass is 19.1. The van der Waals surface area contributed by atoms with Crippen LogP contribution in [0.1, 0.15) is 15.9 Å². The predicted octanol–water partition coefficient (Wildman–Crippen LogP) is 1.76. The molecule has 0 bridgehead atoms. The van der Waals surface area contributed by atoms with Crippen molar-refractivity contribution in [2.45, 2.75) is 0 Å². The summed E-state index contributed by atoms with van der Waals surface area (Å²) in [6.45, 7) is 0.683. The van der Waals surface area contributed by atoms with Gasteiger partial charge in [-0.3, -0.25) is 0 Å². The number of carbonyl (C=O) groups is 1. The van der Waals surface area contributed by atoms with Gasteiger partial charge in [0.15, 0.2) is 0 Å². The highest BCUT2D eigenvalue weighted by molar-refractivity contribution is 5.88. The maximum absolute atomic E-state index is 13.2. The Hall–Kier alpha value is -1.68. The zero-order valence-electron chi connectivity index (χ0n) is 8.33. The molecule has 0 atom stereocenters. The van der Waals surface area contributed by atoms with E-state index >= 15 is 0 Å². The molecule has 0 aromatic heterocycles. The second-order valence-electron chi connectivity index (χ2n) is 3.00. The SMILES string of the molecule is CNCC=Cc1ccc(C(=O)O)c(F)c1. The van der Waals surface area contributed by atoms with Crippen LogP contribution >= 0.6 is 0 Å². The molecular weight excluding hydrogens is 197 g/mol. The van der Waals surface area contributed by atoms with Gasteiger partial charge in [0.05, 0.1) is 5.56 Å². The van der Waals surface area contributed by atoms with E-state index in [9.17, 15) is 9.18 Å². The van der Waals surface area contributed by atoms with Crippen LogP contribution in [-0.4, -0.2) is 24.7 Å². The first-order valence-electron chi connectivity index (χ1n) is 4.49. The van der Waals surface area contributed by atoms with Crippen LogP contribution in [0.3, 0.4) is 0 Å². The first-order valence-corrected chi connectivity index (χ1v) is 4.49. The maximum Gasteiger partial charge on any atom is 0.338 e. The third-order valence-corrected chi connectivity index (χ3v) is 1.86. The third-order valence-electron chi connectivity index (χ3n) is 1.86. The molecule has 0 heterocycles. The molecule has 1 aromatic carbocycles. The highest BCUT2D eigenvalue weighted by Crippen LogP contribution is 2.11. The first kappa shape index (κ1) is 11.4. The molecule has 0 fully saturated rings. The van der Waals surface area contributed by atoms with E-state index in [0.717, 1.165) is 0 Å². The van der Waals surface area contributed by atoms with Crippen LogP contribution in [0.15, 0.2) is 24.3 Å². The molecule has 2 N–H and O–H groups in total. The molecule has 1 aromatic rings. The van der Waals surface area contributed by atoms with Gasteiger partial charge in [-0.2, -0.15) is 0 Å². The molecule has 1 rings (SSSR count). The molecule has 80 valence electrons. The summed E-state index contributed by atoms with van der Waals surface area (Å²) in [5, 5.41) is 11.5. The molecule has 0 saturated carbocycles. The fourth-order valence-electron chi connectivity index (χ4n) is 1.12. The number of hydrogen-bond acceptors (Lipinski definition) is 2. The number of aromatic carboxylic acids is 1. The van der Waals surface area contributed by atoms with Crippen molar-refractivity contribution in [1.29, 1.82) is 0 Å². The fourth-order valence-corrected chi connectivity index (χ4v) is 1.12. The van der Waals surface area contributed by atoms with Gasteiger partial charge in [-0.05, 0) is 24.7 Å². The van der Waals surface area contributed by atoms with Crippen molar-refractivity contribution < 1.29 is 14.3 Å². The molecule has 0 spiro atoms. The predicted molar refractivity (Wildman–Crippen MR) is 56.3 cm³/mol. The van der Waals surface area contributed by atoms with Gasteiger partial charge in [0, 0.05) is 6.54 Å². The van der Waals surface area contributed by atoms with E-state index in [1.807, 2.05) is 6.08 Å². The summed E-state index contributed by atoms with van der Waals surface area (Å²) in [5.41, 5.74) is 0.341.